The lowest BCUT2D eigenvalue weighted by molar-refractivity contribution is -0.138. The maximum absolute atomic E-state index is 12.3. The molecule has 0 spiro atoms. The standard InChI is InChI=1S/C15H21F3N2O/c16-15(17,18)6-7-19-8-9-20(12-14(21)11-19)10-13-4-2-1-3-5-13/h1-5,14,21H,6-12H2/t14-/m1/s1. The molecule has 0 aromatic heterocycles. The van der Waals surface area contributed by atoms with Crippen LogP contribution in [0.1, 0.15) is 12.0 Å². The highest BCUT2D eigenvalue weighted by Gasteiger charge is 2.29. The Hall–Kier alpha value is -1.11. The van der Waals surface area contributed by atoms with E-state index < -0.39 is 18.7 Å². The number of alkyl halides is 3. The Morgan fingerprint density at radius 1 is 1.05 bits per heavy atom. The summed E-state index contributed by atoms with van der Waals surface area (Å²) < 4.78 is 36.8. The average Bonchev–Trinajstić information content (AvgIpc) is 2.58. The van der Waals surface area contributed by atoms with Crippen LogP contribution in [0.5, 0.6) is 0 Å². The normalized spacial score (nSPS) is 22.2. The minimum Gasteiger partial charge on any atom is -0.390 e. The Balaban J connectivity index is 1.85. The fourth-order valence-corrected chi connectivity index (χ4v) is 2.59. The quantitative estimate of drug-likeness (QED) is 0.923. The van der Waals surface area contributed by atoms with Crippen molar-refractivity contribution in [2.45, 2.75) is 25.2 Å². The van der Waals surface area contributed by atoms with Crippen LogP contribution >= 0.6 is 0 Å². The summed E-state index contributed by atoms with van der Waals surface area (Å²) in [6.45, 7) is 2.70. The van der Waals surface area contributed by atoms with Crippen molar-refractivity contribution in [3.05, 3.63) is 35.9 Å². The van der Waals surface area contributed by atoms with Gasteiger partial charge in [0.2, 0.25) is 0 Å². The molecule has 1 aliphatic heterocycles. The molecule has 1 N–H and O–H groups in total. The molecule has 1 heterocycles. The summed E-state index contributed by atoms with van der Waals surface area (Å²) in [5, 5.41) is 9.97. The van der Waals surface area contributed by atoms with E-state index in [4.69, 9.17) is 0 Å². The van der Waals surface area contributed by atoms with Crippen LogP contribution in [0.4, 0.5) is 13.2 Å². The number of hydrogen-bond donors (Lipinski definition) is 1. The highest BCUT2D eigenvalue weighted by atomic mass is 19.4. The second kappa shape index (κ2) is 7.24. The summed E-state index contributed by atoms with van der Waals surface area (Å²) in [5.74, 6) is 0. The minimum atomic E-state index is -4.14. The summed E-state index contributed by atoms with van der Waals surface area (Å²) in [6.07, 6.45) is -5.57. The van der Waals surface area contributed by atoms with Gasteiger partial charge in [0, 0.05) is 39.3 Å². The molecule has 3 nitrogen and oxygen atoms in total. The number of aliphatic hydroxyl groups is 1. The number of aliphatic hydroxyl groups excluding tert-OH is 1. The van der Waals surface area contributed by atoms with Gasteiger partial charge in [-0.15, -0.1) is 0 Å². The van der Waals surface area contributed by atoms with Crippen molar-refractivity contribution in [1.29, 1.82) is 0 Å². The molecule has 1 atom stereocenters. The molecule has 1 saturated heterocycles. The molecule has 0 aliphatic carbocycles. The van der Waals surface area contributed by atoms with Crippen molar-refractivity contribution in [3.8, 4) is 0 Å². The van der Waals surface area contributed by atoms with Gasteiger partial charge in [-0.1, -0.05) is 30.3 Å². The summed E-state index contributed by atoms with van der Waals surface area (Å²) in [5.41, 5.74) is 1.15. The van der Waals surface area contributed by atoms with Gasteiger partial charge in [0.1, 0.15) is 0 Å². The maximum Gasteiger partial charge on any atom is 0.390 e. The van der Waals surface area contributed by atoms with Crippen LogP contribution in [0, 0.1) is 0 Å². The van der Waals surface area contributed by atoms with E-state index in [9.17, 15) is 18.3 Å². The van der Waals surface area contributed by atoms with E-state index in [0.717, 1.165) is 5.56 Å². The molecule has 1 aromatic rings. The molecular weight excluding hydrogens is 281 g/mol. The van der Waals surface area contributed by atoms with Gasteiger partial charge < -0.3 is 5.11 Å². The molecule has 1 aliphatic rings. The van der Waals surface area contributed by atoms with E-state index in [0.29, 0.717) is 32.7 Å². The van der Waals surface area contributed by atoms with E-state index in [2.05, 4.69) is 4.90 Å². The van der Waals surface area contributed by atoms with Crippen LogP contribution in [0.3, 0.4) is 0 Å². The van der Waals surface area contributed by atoms with Crippen LogP contribution in [-0.4, -0.2) is 59.9 Å². The second-order valence-corrected chi connectivity index (χ2v) is 5.54. The topological polar surface area (TPSA) is 26.7 Å². The van der Waals surface area contributed by atoms with E-state index in [1.807, 2.05) is 30.3 Å². The summed E-state index contributed by atoms with van der Waals surface area (Å²) in [4.78, 5) is 3.79. The third-order valence-electron chi connectivity index (χ3n) is 3.63. The van der Waals surface area contributed by atoms with Crippen molar-refractivity contribution in [2.24, 2.45) is 0 Å². The number of halogens is 3. The largest absolute Gasteiger partial charge is 0.390 e. The first-order chi connectivity index (χ1) is 9.92. The van der Waals surface area contributed by atoms with E-state index in [1.165, 1.54) is 0 Å². The number of benzene rings is 1. The Morgan fingerprint density at radius 2 is 1.67 bits per heavy atom. The zero-order valence-corrected chi connectivity index (χ0v) is 11.9. The highest BCUT2D eigenvalue weighted by molar-refractivity contribution is 5.14. The first kappa shape index (κ1) is 16.3. The van der Waals surface area contributed by atoms with Crippen molar-refractivity contribution in [3.63, 3.8) is 0 Å². The van der Waals surface area contributed by atoms with Gasteiger partial charge in [-0.2, -0.15) is 13.2 Å². The van der Waals surface area contributed by atoms with E-state index in [1.54, 1.807) is 4.90 Å². The summed E-state index contributed by atoms with van der Waals surface area (Å²) >= 11 is 0. The molecule has 6 heteroatoms. The molecule has 0 bridgehead atoms. The summed E-state index contributed by atoms with van der Waals surface area (Å²) in [6, 6.07) is 9.88. The first-order valence-corrected chi connectivity index (χ1v) is 7.16. The van der Waals surface area contributed by atoms with Gasteiger partial charge in [0.05, 0.1) is 12.5 Å². The SMILES string of the molecule is O[C@@H]1CN(CCC(F)(F)F)CCN(Cc2ccccc2)C1. The zero-order chi connectivity index (χ0) is 15.3. The van der Waals surface area contributed by atoms with Crippen LogP contribution in [0.25, 0.3) is 0 Å². The van der Waals surface area contributed by atoms with Gasteiger partial charge in [0.15, 0.2) is 0 Å². The van der Waals surface area contributed by atoms with E-state index in [-0.39, 0.29) is 6.54 Å². The van der Waals surface area contributed by atoms with Crippen molar-refractivity contribution < 1.29 is 18.3 Å². The molecule has 21 heavy (non-hydrogen) atoms. The number of β-amino-alcohol motifs (C(OH)–C–C–N with tert-alkyl or cyclic N) is 1. The van der Waals surface area contributed by atoms with Gasteiger partial charge in [-0.05, 0) is 5.56 Å². The predicted octanol–water partition coefficient (Wildman–Crippen LogP) is 2.12. The highest BCUT2D eigenvalue weighted by Crippen LogP contribution is 2.20. The average molecular weight is 302 g/mol. The monoisotopic (exact) mass is 302 g/mol. The molecule has 1 fully saturated rings. The number of nitrogens with zero attached hydrogens (tertiary/aromatic N) is 2. The Labute approximate surface area is 123 Å². The van der Waals surface area contributed by atoms with Crippen LogP contribution in [0.2, 0.25) is 0 Å². The lowest BCUT2D eigenvalue weighted by Gasteiger charge is -2.22. The maximum atomic E-state index is 12.3. The van der Waals surface area contributed by atoms with Crippen LogP contribution < -0.4 is 0 Å². The third kappa shape index (κ3) is 6.03. The van der Waals surface area contributed by atoms with Crippen molar-refractivity contribution in [2.75, 3.05) is 32.7 Å². The lowest BCUT2D eigenvalue weighted by atomic mass is 10.2. The third-order valence-corrected chi connectivity index (χ3v) is 3.63. The smallest absolute Gasteiger partial charge is 0.390 e. The molecule has 118 valence electrons. The molecule has 0 saturated carbocycles. The molecule has 0 unspecified atom stereocenters. The van der Waals surface area contributed by atoms with Crippen molar-refractivity contribution in [1.82, 2.24) is 9.80 Å². The fraction of sp³-hybridized carbons (Fsp3) is 0.600. The second-order valence-electron chi connectivity index (χ2n) is 5.54. The van der Waals surface area contributed by atoms with Crippen molar-refractivity contribution >= 4 is 0 Å². The molecule has 0 amide bonds. The van der Waals surface area contributed by atoms with Gasteiger partial charge in [-0.3, -0.25) is 9.80 Å². The van der Waals surface area contributed by atoms with Gasteiger partial charge in [-0.25, -0.2) is 0 Å². The molecular formula is C15H21F3N2O. The Morgan fingerprint density at radius 3 is 2.33 bits per heavy atom. The number of rotatable bonds is 4. The van der Waals surface area contributed by atoms with Gasteiger partial charge in [0.25, 0.3) is 0 Å². The minimum absolute atomic E-state index is 0.0419. The first-order valence-electron chi connectivity index (χ1n) is 7.16. The lowest BCUT2D eigenvalue weighted by Crippen LogP contribution is -2.35. The van der Waals surface area contributed by atoms with E-state index >= 15 is 0 Å². The zero-order valence-electron chi connectivity index (χ0n) is 11.9. The Kier molecular flexibility index (Phi) is 5.61. The predicted molar refractivity (Wildman–Crippen MR) is 74.8 cm³/mol. The summed E-state index contributed by atoms with van der Waals surface area (Å²) in [7, 11) is 0. The molecule has 2 rings (SSSR count). The fourth-order valence-electron chi connectivity index (χ4n) is 2.59. The molecule has 1 aromatic carbocycles. The van der Waals surface area contributed by atoms with Gasteiger partial charge >= 0.3 is 6.18 Å². The van der Waals surface area contributed by atoms with Crippen LogP contribution in [0.15, 0.2) is 30.3 Å². The Bertz CT molecular complexity index is 425. The number of hydrogen-bond acceptors (Lipinski definition) is 3. The molecule has 0 radical (unpaired) electrons. The van der Waals surface area contributed by atoms with Crippen LogP contribution in [-0.2, 0) is 6.54 Å².